The molecule has 30 heavy (non-hydrogen) atoms. The summed E-state index contributed by atoms with van der Waals surface area (Å²) in [6.45, 7) is 0. The van der Waals surface area contributed by atoms with Gasteiger partial charge in [0.05, 0.1) is 11.1 Å². The molecule has 1 N–H and O–H groups in total. The molecule has 0 atom stereocenters. The second-order valence-corrected chi connectivity index (χ2v) is 7.12. The minimum absolute atomic E-state index is 0.172. The molecule has 0 bridgehead atoms. The van der Waals surface area contributed by atoms with Crippen molar-refractivity contribution in [3.05, 3.63) is 84.4 Å². The molecule has 0 unspecified atom stereocenters. The van der Waals surface area contributed by atoms with Gasteiger partial charge in [-0.15, -0.1) is 0 Å². The molecule has 3 aromatic heterocycles. The highest BCUT2D eigenvalue weighted by molar-refractivity contribution is 6.02. The van der Waals surface area contributed by atoms with E-state index in [-0.39, 0.29) is 5.56 Å². The van der Waals surface area contributed by atoms with Crippen LogP contribution in [0, 0.1) is 0 Å². The maximum Gasteiger partial charge on any atom is 0.335 e. The highest BCUT2D eigenvalue weighted by Gasteiger charge is 2.23. The third kappa shape index (κ3) is 2.46. The highest BCUT2D eigenvalue weighted by Crippen LogP contribution is 2.43. The van der Waals surface area contributed by atoms with Crippen molar-refractivity contribution < 1.29 is 23.2 Å². The Morgan fingerprint density at radius 3 is 2.20 bits per heavy atom. The number of fused-ring (bicyclic) bond motifs is 3. The summed E-state index contributed by atoms with van der Waals surface area (Å²) in [5, 5.41) is 12.0. The molecule has 6 rings (SSSR count). The minimum atomic E-state index is -0.999. The molecule has 5 nitrogen and oxygen atoms in total. The zero-order chi connectivity index (χ0) is 20.2. The van der Waals surface area contributed by atoms with Gasteiger partial charge < -0.3 is 18.4 Å². The van der Waals surface area contributed by atoms with Crippen molar-refractivity contribution in [2.45, 2.75) is 0 Å². The largest absolute Gasteiger partial charge is 0.478 e. The first-order valence-electron chi connectivity index (χ1n) is 9.45. The summed E-state index contributed by atoms with van der Waals surface area (Å²) in [6, 6.07) is 24.2. The first-order chi connectivity index (χ1) is 14.7. The van der Waals surface area contributed by atoms with Crippen LogP contribution in [0.3, 0.4) is 0 Å². The minimum Gasteiger partial charge on any atom is -0.478 e. The molecule has 0 fully saturated rings. The van der Waals surface area contributed by atoms with Crippen LogP contribution in [-0.4, -0.2) is 11.1 Å². The average Bonchev–Trinajstić information content (AvgIpc) is 3.46. The van der Waals surface area contributed by atoms with E-state index in [0.29, 0.717) is 22.9 Å². The van der Waals surface area contributed by atoms with Crippen molar-refractivity contribution >= 4 is 38.9 Å². The van der Waals surface area contributed by atoms with Gasteiger partial charge in [-0.05, 0) is 36.4 Å². The molecule has 3 heterocycles. The molecule has 0 spiro atoms. The summed E-state index contributed by atoms with van der Waals surface area (Å²) < 4.78 is 18.3. The van der Waals surface area contributed by atoms with Gasteiger partial charge >= 0.3 is 5.97 Å². The van der Waals surface area contributed by atoms with Gasteiger partial charge in [0, 0.05) is 16.2 Å². The summed E-state index contributed by atoms with van der Waals surface area (Å²) in [4.78, 5) is 11.3. The predicted molar refractivity (Wildman–Crippen MR) is 114 cm³/mol. The van der Waals surface area contributed by atoms with Crippen LogP contribution in [0.25, 0.3) is 55.8 Å². The van der Waals surface area contributed by atoms with Gasteiger partial charge in [0.15, 0.2) is 11.5 Å². The van der Waals surface area contributed by atoms with Crippen molar-refractivity contribution in [2.75, 3.05) is 0 Å². The lowest BCUT2D eigenvalue weighted by Crippen LogP contribution is -1.94. The third-order valence-electron chi connectivity index (χ3n) is 5.26. The number of aromatic carboxylic acids is 1. The van der Waals surface area contributed by atoms with E-state index in [0.717, 1.165) is 32.9 Å². The molecule has 0 saturated carbocycles. The Hall–Kier alpha value is -4.25. The molecule has 0 radical (unpaired) electrons. The Kier molecular flexibility index (Phi) is 3.40. The first-order valence-corrected chi connectivity index (χ1v) is 9.45. The quantitative estimate of drug-likeness (QED) is 0.351. The van der Waals surface area contributed by atoms with Crippen molar-refractivity contribution in [3.8, 4) is 22.8 Å². The maximum atomic E-state index is 11.3. The number of furan rings is 3. The molecule has 3 aromatic carbocycles. The highest BCUT2D eigenvalue weighted by atomic mass is 16.4. The number of rotatable bonds is 3. The second kappa shape index (κ2) is 6.12. The Morgan fingerprint density at radius 1 is 0.667 bits per heavy atom. The summed E-state index contributed by atoms with van der Waals surface area (Å²) >= 11 is 0. The summed E-state index contributed by atoms with van der Waals surface area (Å²) in [5.74, 6) is 0.743. The first kappa shape index (κ1) is 16.7. The van der Waals surface area contributed by atoms with E-state index in [4.69, 9.17) is 13.3 Å². The Morgan fingerprint density at radius 2 is 1.37 bits per heavy atom. The van der Waals surface area contributed by atoms with E-state index in [1.165, 1.54) is 6.07 Å². The summed E-state index contributed by atoms with van der Waals surface area (Å²) in [7, 11) is 0. The number of hydrogen-bond acceptors (Lipinski definition) is 4. The number of carboxylic acids is 1. The number of carboxylic acid groups (broad SMARTS) is 1. The van der Waals surface area contributed by atoms with E-state index in [9.17, 15) is 9.90 Å². The Balaban J connectivity index is 1.62. The van der Waals surface area contributed by atoms with Crippen LogP contribution in [-0.2, 0) is 0 Å². The van der Waals surface area contributed by atoms with Gasteiger partial charge in [-0.25, -0.2) is 4.79 Å². The molecule has 0 saturated heterocycles. The summed E-state index contributed by atoms with van der Waals surface area (Å²) in [5.41, 5.74) is 2.97. The molecule has 0 aliphatic carbocycles. The van der Waals surface area contributed by atoms with Crippen LogP contribution >= 0.6 is 0 Å². The smallest absolute Gasteiger partial charge is 0.335 e. The summed E-state index contributed by atoms with van der Waals surface area (Å²) in [6.07, 6.45) is 0. The Labute approximate surface area is 169 Å². The van der Waals surface area contributed by atoms with Gasteiger partial charge in [-0.1, -0.05) is 42.5 Å². The molecule has 0 aliphatic heterocycles. The SMILES string of the molecule is O=C(O)c1ccc2cc(-c3oc4ccccc4c3-c3cc4ccccc4o3)oc2c1. The standard InChI is InChI=1S/C25H14O5/c26-25(27)16-10-9-15-12-22(29-20(15)13-16)24-23(17-6-2-4-8-19(17)30-24)21-11-14-5-1-3-7-18(14)28-21/h1-13H,(H,26,27). The van der Waals surface area contributed by atoms with E-state index in [1.807, 2.05) is 60.7 Å². The van der Waals surface area contributed by atoms with Crippen LogP contribution in [0.1, 0.15) is 10.4 Å². The number of carbonyl (C=O) groups is 1. The number of para-hydroxylation sites is 2. The number of benzene rings is 3. The molecule has 0 aliphatic rings. The zero-order valence-corrected chi connectivity index (χ0v) is 15.6. The van der Waals surface area contributed by atoms with Gasteiger partial charge in [-0.3, -0.25) is 0 Å². The van der Waals surface area contributed by atoms with Crippen molar-refractivity contribution in [2.24, 2.45) is 0 Å². The van der Waals surface area contributed by atoms with Crippen LogP contribution in [0.15, 0.2) is 92.1 Å². The fourth-order valence-corrected chi connectivity index (χ4v) is 3.84. The van der Waals surface area contributed by atoms with Gasteiger partial charge in [0.2, 0.25) is 0 Å². The van der Waals surface area contributed by atoms with Crippen molar-refractivity contribution in [1.82, 2.24) is 0 Å². The van der Waals surface area contributed by atoms with E-state index < -0.39 is 5.97 Å². The maximum absolute atomic E-state index is 11.3. The predicted octanol–water partition coefficient (Wildman–Crippen LogP) is 6.96. The molecular weight excluding hydrogens is 380 g/mol. The lowest BCUT2D eigenvalue weighted by atomic mass is 10.1. The van der Waals surface area contributed by atoms with Crippen LogP contribution in [0.5, 0.6) is 0 Å². The average molecular weight is 394 g/mol. The van der Waals surface area contributed by atoms with Crippen LogP contribution in [0.4, 0.5) is 0 Å². The second-order valence-electron chi connectivity index (χ2n) is 7.12. The molecule has 0 amide bonds. The number of hydrogen-bond donors (Lipinski definition) is 1. The fraction of sp³-hybridized carbons (Fsp3) is 0. The Bertz CT molecular complexity index is 1540. The lowest BCUT2D eigenvalue weighted by molar-refractivity contribution is 0.0697. The van der Waals surface area contributed by atoms with E-state index >= 15 is 0 Å². The topological polar surface area (TPSA) is 76.7 Å². The molecule has 144 valence electrons. The normalized spacial score (nSPS) is 11.6. The van der Waals surface area contributed by atoms with E-state index in [1.54, 1.807) is 12.1 Å². The lowest BCUT2D eigenvalue weighted by Gasteiger charge is -1.97. The zero-order valence-electron chi connectivity index (χ0n) is 15.6. The molecule has 5 heteroatoms. The third-order valence-corrected chi connectivity index (χ3v) is 5.26. The van der Waals surface area contributed by atoms with Crippen molar-refractivity contribution in [3.63, 3.8) is 0 Å². The van der Waals surface area contributed by atoms with E-state index in [2.05, 4.69) is 0 Å². The van der Waals surface area contributed by atoms with Gasteiger partial charge in [0.25, 0.3) is 0 Å². The fourth-order valence-electron chi connectivity index (χ4n) is 3.84. The van der Waals surface area contributed by atoms with Gasteiger partial charge in [0.1, 0.15) is 22.5 Å². The monoisotopic (exact) mass is 394 g/mol. The van der Waals surface area contributed by atoms with Crippen LogP contribution < -0.4 is 0 Å². The van der Waals surface area contributed by atoms with Crippen LogP contribution in [0.2, 0.25) is 0 Å². The molecule has 6 aromatic rings. The van der Waals surface area contributed by atoms with Gasteiger partial charge in [-0.2, -0.15) is 0 Å². The van der Waals surface area contributed by atoms with Crippen molar-refractivity contribution in [1.29, 1.82) is 0 Å². The molecular formula is C25H14O5.